The Balaban J connectivity index is 1.43. The minimum Gasteiger partial charge on any atom is -0.452 e. The van der Waals surface area contributed by atoms with E-state index >= 15 is 0 Å². The SMILES string of the molecule is C[C@H](OC(=O)CCN1C(=O)[C@@H]2CC=CC[C@H]2C1=O)C(=O)NCc1ccccc1. The zero-order chi connectivity index (χ0) is 20.1. The summed E-state index contributed by atoms with van der Waals surface area (Å²) in [6.07, 6.45) is 3.89. The fourth-order valence-corrected chi connectivity index (χ4v) is 3.53. The quantitative estimate of drug-likeness (QED) is 0.438. The highest BCUT2D eigenvalue weighted by Gasteiger charge is 2.47. The van der Waals surface area contributed by atoms with Gasteiger partial charge in [-0.15, -0.1) is 0 Å². The van der Waals surface area contributed by atoms with Gasteiger partial charge in [-0.2, -0.15) is 0 Å². The van der Waals surface area contributed by atoms with Crippen LogP contribution in [0, 0.1) is 11.8 Å². The highest BCUT2D eigenvalue weighted by atomic mass is 16.5. The molecule has 1 aliphatic carbocycles. The van der Waals surface area contributed by atoms with Crippen molar-refractivity contribution in [2.45, 2.75) is 38.8 Å². The lowest BCUT2D eigenvalue weighted by atomic mass is 9.85. The number of fused-ring (bicyclic) bond motifs is 1. The molecule has 3 amide bonds. The molecule has 28 heavy (non-hydrogen) atoms. The third-order valence-corrected chi connectivity index (χ3v) is 5.13. The number of ether oxygens (including phenoxy) is 1. The van der Waals surface area contributed by atoms with Crippen molar-refractivity contribution < 1.29 is 23.9 Å². The van der Waals surface area contributed by atoms with Crippen LogP contribution < -0.4 is 5.32 Å². The minimum absolute atomic E-state index is 0.0120. The van der Waals surface area contributed by atoms with Gasteiger partial charge >= 0.3 is 5.97 Å². The van der Waals surface area contributed by atoms with E-state index in [4.69, 9.17) is 4.74 Å². The van der Waals surface area contributed by atoms with Gasteiger partial charge in [0.15, 0.2) is 6.10 Å². The van der Waals surface area contributed by atoms with Gasteiger partial charge in [-0.05, 0) is 25.3 Å². The zero-order valence-electron chi connectivity index (χ0n) is 15.8. The standard InChI is InChI=1S/C21H24N2O5/c1-14(19(25)22-13-15-7-3-2-4-8-15)28-18(24)11-12-23-20(26)16-9-5-6-10-17(16)21(23)27/h2-8,14,16-17H,9-13H2,1H3,(H,22,25)/t14-,16+,17+/m0/s1. The Labute approximate surface area is 163 Å². The van der Waals surface area contributed by atoms with Crippen molar-refractivity contribution in [1.82, 2.24) is 10.2 Å². The Morgan fingerprint density at radius 1 is 1.11 bits per heavy atom. The van der Waals surface area contributed by atoms with E-state index in [1.807, 2.05) is 42.5 Å². The number of carbonyl (C=O) groups excluding carboxylic acids is 4. The first-order valence-electron chi connectivity index (χ1n) is 9.48. The lowest BCUT2D eigenvalue weighted by Crippen LogP contribution is -2.37. The molecule has 0 radical (unpaired) electrons. The fraction of sp³-hybridized carbons (Fsp3) is 0.429. The largest absolute Gasteiger partial charge is 0.452 e. The lowest BCUT2D eigenvalue weighted by Gasteiger charge is -2.16. The molecule has 1 saturated heterocycles. The van der Waals surface area contributed by atoms with Crippen LogP contribution in [0.1, 0.15) is 31.7 Å². The molecular formula is C21H24N2O5. The molecule has 2 aliphatic rings. The summed E-state index contributed by atoms with van der Waals surface area (Å²) < 4.78 is 5.14. The highest BCUT2D eigenvalue weighted by molar-refractivity contribution is 6.05. The summed E-state index contributed by atoms with van der Waals surface area (Å²) in [6, 6.07) is 9.40. The van der Waals surface area contributed by atoms with Crippen molar-refractivity contribution in [3.8, 4) is 0 Å². The second kappa shape index (κ2) is 8.82. The molecule has 0 aromatic heterocycles. The molecule has 0 unspecified atom stereocenters. The number of amides is 3. The lowest BCUT2D eigenvalue weighted by molar-refractivity contribution is -0.155. The molecule has 1 heterocycles. The van der Waals surface area contributed by atoms with E-state index in [2.05, 4.69) is 5.32 Å². The molecule has 1 fully saturated rings. The van der Waals surface area contributed by atoms with Crippen molar-refractivity contribution in [3.05, 3.63) is 48.0 Å². The summed E-state index contributed by atoms with van der Waals surface area (Å²) in [5.41, 5.74) is 0.941. The van der Waals surface area contributed by atoms with Gasteiger partial charge in [0.2, 0.25) is 11.8 Å². The van der Waals surface area contributed by atoms with E-state index in [0.29, 0.717) is 19.4 Å². The van der Waals surface area contributed by atoms with E-state index in [1.54, 1.807) is 0 Å². The average molecular weight is 384 g/mol. The smallest absolute Gasteiger partial charge is 0.308 e. The second-order valence-corrected chi connectivity index (χ2v) is 7.07. The van der Waals surface area contributed by atoms with Crippen LogP contribution in [-0.4, -0.2) is 41.2 Å². The maximum atomic E-state index is 12.4. The van der Waals surface area contributed by atoms with Crippen LogP contribution in [-0.2, 0) is 30.5 Å². The Morgan fingerprint density at radius 2 is 1.71 bits per heavy atom. The maximum Gasteiger partial charge on any atom is 0.308 e. The van der Waals surface area contributed by atoms with E-state index < -0.39 is 18.0 Å². The van der Waals surface area contributed by atoms with Crippen molar-refractivity contribution in [2.24, 2.45) is 11.8 Å². The topological polar surface area (TPSA) is 92.8 Å². The Morgan fingerprint density at radius 3 is 2.32 bits per heavy atom. The van der Waals surface area contributed by atoms with E-state index in [9.17, 15) is 19.2 Å². The second-order valence-electron chi connectivity index (χ2n) is 7.07. The van der Waals surface area contributed by atoms with Crippen LogP contribution in [0.2, 0.25) is 0 Å². The number of rotatable bonds is 7. The molecular weight excluding hydrogens is 360 g/mol. The number of hydrogen-bond acceptors (Lipinski definition) is 5. The van der Waals surface area contributed by atoms with Gasteiger partial charge in [-0.25, -0.2) is 0 Å². The van der Waals surface area contributed by atoms with Crippen LogP contribution in [0.25, 0.3) is 0 Å². The number of nitrogens with zero attached hydrogens (tertiary/aromatic N) is 1. The normalized spacial score (nSPS) is 22.0. The molecule has 3 atom stereocenters. The number of esters is 1. The molecule has 148 valence electrons. The van der Waals surface area contributed by atoms with Crippen LogP contribution in [0.15, 0.2) is 42.5 Å². The number of carbonyl (C=O) groups is 4. The van der Waals surface area contributed by atoms with Crippen LogP contribution in [0.5, 0.6) is 0 Å². The predicted octanol–water partition coefficient (Wildman–Crippen LogP) is 1.58. The van der Waals surface area contributed by atoms with Gasteiger partial charge < -0.3 is 10.1 Å². The van der Waals surface area contributed by atoms with Crippen molar-refractivity contribution in [2.75, 3.05) is 6.54 Å². The van der Waals surface area contributed by atoms with E-state index in [-0.39, 0.29) is 36.6 Å². The number of benzene rings is 1. The summed E-state index contributed by atoms with van der Waals surface area (Å²) in [5, 5.41) is 2.71. The van der Waals surface area contributed by atoms with Crippen molar-refractivity contribution in [3.63, 3.8) is 0 Å². The molecule has 1 aromatic rings. The van der Waals surface area contributed by atoms with Gasteiger partial charge in [0.05, 0.1) is 18.3 Å². The van der Waals surface area contributed by atoms with Crippen molar-refractivity contribution >= 4 is 23.7 Å². The Hall–Kier alpha value is -2.96. The summed E-state index contributed by atoms with van der Waals surface area (Å²) in [5.74, 6) is -2.08. The zero-order valence-corrected chi connectivity index (χ0v) is 15.8. The predicted molar refractivity (Wildman–Crippen MR) is 101 cm³/mol. The maximum absolute atomic E-state index is 12.4. The molecule has 7 nitrogen and oxygen atoms in total. The van der Waals surface area contributed by atoms with Crippen LogP contribution in [0.4, 0.5) is 0 Å². The summed E-state index contributed by atoms with van der Waals surface area (Å²) >= 11 is 0. The van der Waals surface area contributed by atoms with E-state index in [0.717, 1.165) is 10.5 Å². The molecule has 0 bridgehead atoms. The van der Waals surface area contributed by atoms with Gasteiger partial charge in [-0.1, -0.05) is 42.5 Å². The molecule has 1 N–H and O–H groups in total. The molecule has 0 spiro atoms. The third-order valence-electron chi connectivity index (χ3n) is 5.13. The summed E-state index contributed by atoms with van der Waals surface area (Å²) in [4.78, 5) is 50.0. The Bertz CT molecular complexity index is 763. The molecule has 1 aliphatic heterocycles. The summed E-state index contributed by atoms with van der Waals surface area (Å²) in [6.45, 7) is 1.82. The molecule has 7 heteroatoms. The molecule has 1 aromatic carbocycles. The van der Waals surface area contributed by atoms with Crippen LogP contribution in [0.3, 0.4) is 0 Å². The summed E-state index contributed by atoms with van der Waals surface area (Å²) in [7, 11) is 0. The first-order chi connectivity index (χ1) is 13.5. The van der Waals surface area contributed by atoms with Gasteiger partial charge in [0.25, 0.3) is 5.91 Å². The van der Waals surface area contributed by atoms with Gasteiger partial charge in [-0.3, -0.25) is 24.1 Å². The first-order valence-corrected chi connectivity index (χ1v) is 9.48. The monoisotopic (exact) mass is 384 g/mol. The number of likely N-dealkylation sites (tertiary alicyclic amines) is 1. The third kappa shape index (κ3) is 4.47. The average Bonchev–Trinajstić information content (AvgIpc) is 2.95. The fourth-order valence-electron chi connectivity index (χ4n) is 3.53. The van der Waals surface area contributed by atoms with Gasteiger partial charge in [0.1, 0.15) is 0 Å². The number of allylic oxidation sites excluding steroid dienone is 2. The molecule has 3 rings (SSSR count). The van der Waals surface area contributed by atoms with Gasteiger partial charge in [0, 0.05) is 13.1 Å². The molecule has 0 saturated carbocycles. The van der Waals surface area contributed by atoms with E-state index in [1.165, 1.54) is 6.92 Å². The highest BCUT2D eigenvalue weighted by Crippen LogP contribution is 2.34. The number of nitrogens with one attached hydrogen (secondary N) is 1. The Kier molecular flexibility index (Phi) is 6.23. The number of hydrogen-bond donors (Lipinski definition) is 1. The van der Waals surface area contributed by atoms with Crippen LogP contribution >= 0.6 is 0 Å². The minimum atomic E-state index is -0.951. The van der Waals surface area contributed by atoms with Crippen molar-refractivity contribution in [1.29, 1.82) is 0 Å². The number of imide groups is 1. The first kappa shape index (κ1) is 19.8.